The van der Waals surface area contributed by atoms with Crippen molar-refractivity contribution in [2.75, 3.05) is 33.3 Å². The maximum absolute atomic E-state index is 12.6. The van der Waals surface area contributed by atoms with Gasteiger partial charge in [0.25, 0.3) is 5.91 Å². The van der Waals surface area contributed by atoms with E-state index in [1.165, 1.54) is 12.1 Å². The molecule has 192 valence electrons. The van der Waals surface area contributed by atoms with Crippen LogP contribution in [0.4, 0.5) is 0 Å². The van der Waals surface area contributed by atoms with Gasteiger partial charge in [-0.05, 0) is 42.7 Å². The average molecular weight is 535 g/mol. The van der Waals surface area contributed by atoms with Gasteiger partial charge in [0, 0.05) is 20.0 Å². The van der Waals surface area contributed by atoms with E-state index in [0.29, 0.717) is 18.9 Å². The van der Waals surface area contributed by atoms with Crippen LogP contribution < -0.4 is 15.4 Å². The lowest BCUT2D eigenvalue weighted by molar-refractivity contribution is -0.139. The second-order valence-corrected chi connectivity index (χ2v) is 9.12. The Morgan fingerprint density at radius 1 is 1.14 bits per heavy atom. The van der Waals surface area contributed by atoms with Gasteiger partial charge in [-0.25, -0.2) is 4.79 Å². The van der Waals surface area contributed by atoms with Gasteiger partial charge >= 0.3 is 5.97 Å². The van der Waals surface area contributed by atoms with Crippen molar-refractivity contribution in [3.8, 4) is 5.75 Å². The number of nitrogens with one attached hydrogen (secondary N) is 2. The Bertz CT molecular complexity index is 1100. The molecule has 0 saturated heterocycles. The van der Waals surface area contributed by atoms with Crippen LogP contribution in [-0.4, -0.2) is 73.0 Å². The van der Waals surface area contributed by atoms with E-state index in [0.717, 1.165) is 30.8 Å². The van der Waals surface area contributed by atoms with Crippen molar-refractivity contribution in [3.63, 3.8) is 0 Å². The molecule has 2 amide bonds. The Kier molecular flexibility index (Phi) is 9.95. The Morgan fingerprint density at radius 2 is 1.83 bits per heavy atom. The maximum Gasteiger partial charge on any atom is 0.326 e. The molecule has 2 aromatic rings. The van der Waals surface area contributed by atoms with Gasteiger partial charge < -0.3 is 25.4 Å². The smallest absolute Gasteiger partial charge is 0.326 e. The molecule has 0 aliphatic carbocycles. The van der Waals surface area contributed by atoms with Crippen molar-refractivity contribution >= 4 is 46.8 Å². The third-order valence-electron chi connectivity index (χ3n) is 5.54. The summed E-state index contributed by atoms with van der Waals surface area (Å²) in [7, 11) is 1.76. The molecule has 0 aromatic heterocycles. The van der Waals surface area contributed by atoms with Crippen LogP contribution in [0.2, 0.25) is 10.0 Å². The summed E-state index contributed by atoms with van der Waals surface area (Å²) in [5.41, 5.74) is 0.765. The van der Waals surface area contributed by atoms with E-state index in [9.17, 15) is 19.5 Å². The van der Waals surface area contributed by atoms with Gasteiger partial charge in [-0.15, -0.1) is 0 Å². The Morgan fingerprint density at radius 3 is 2.47 bits per heavy atom. The number of carbonyl (C=O) groups excluding carboxylic acids is 2. The van der Waals surface area contributed by atoms with E-state index in [4.69, 9.17) is 27.9 Å². The first-order chi connectivity index (χ1) is 17.2. The highest BCUT2D eigenvalue weighted by atomic mass is 35.5. The lowest BCUT2D eigenvalue weighted by atomic mass is 10.1. The third-order valence-corrected chi connectivity index (χ3v) is 6.17. The zero-order chi connectivity index (χ0) is 26.1. The highest BCUT2D eigenvalue weighted by Gasteiger charge is 2.24. The number of likely N-dealkylation sites (N-methyl/N-ethyl adjacent to an activating group) is 1. The number of carbonyl (C=O) groups is 3. The standard InChI is InChI=1S/C25H28Cl2N4O5/c1-31-15-21(29-14-22(31)32)28-11-2-3-12-36-17-9-7-16(8-10-17)13-20(25(34)35)30-24(33)23-18(26)5-4-6-19(23)27/h4-10,20H,2-3,11-15H2,1H3,(H,28,29)(H,30,33)(H,34,35). The monoisotopic (exact) mass is 534 g/mol. The lowest BCUT2D eigenvalue weighted by Crippen LogP contribution is -2.44. The normalized spacial score (nSPS) is 14.1. The number of aliphatic imine (C=N–C) groups is 1. The van der Waals surface area contributed by atoms with E-state index in [1.807, 2.05) is 0 Å². The average Bonchev–Trinajstić information content (AvgIpc) is 2.84. The molecule has 1 aliphatic heterocycles. The Balaban J connectivity index is 1.42. The zero-order valence-corrected chi connectivity index (χ0v) is 21.3. The Labute approximate surface area is 219 Å². The summed E-state index contributed by atoms with van der Waals surface area (Å²) < 4.78 is 5.76. The number of amides is 2. The first kappa shape index (κ1) is 27.3. The molecule has 1 aliphatic rings. The fourth-order valence-corrected chi connectivity index (χ4v) is 4.08. The number of nitrogens with zero attached hydrogens (tertiary/aromatic N) is 2. The highest BCUT2D eigenvalue weighted by Crippen LogP contribution is 2.24. The molecule has 3 rings (SSSR count). The SMILES string of the molecule is CN1CC(NCCCCOc2ccc(CC(NC(=O)c3c(Cl)cccc3Cl)C(=O)O)cc2)=NCC1=O. The number of carboxylic acid groups (broad SMARTS) is 1. The second kappa shape index (κ2) is 13.1. The summed E-state index contributed by atoms with van der Waals surface area (Å²) in [4.78, 5) is 41.6. The number of aliphatic carboxylic acids is 1. The molecule has 0 bridgehead atoms. The molecule has 36 heavy (non-hydrogen) atoms. The fourth-order valence-electron chi connectivity index (χ4n) is 3.51. The molecule has 0 radical (unpaired) electrons. The number of amidine groups is 1. The van der Waals surface area contributed by atoms with Crippen LogP contribution in [0.3, 0.4) is 0 Å². The summed E-state index contributed by atoms with van der Waals surface area (Å²) in [6.07, 6.45) is 1.79. The number of carboxylic acids is 1. The molecule has 0 fully saturated rings. The number of halogens is 2. The van der Waals surface area contributed by atoms with Gasteiger partial charge in [-0.1, -0.05) is 41.4 Å². The molecule has 1 atom stereocenters. The second-order valence-electron chi connectivity index (χ2n) is 8.30. The highest BCUT2D eigenvalue weighted by molar-refractivity contribution is 6.39. The first-order valence-corrected chi connectivity index (χ1v) is 12.2. The van der Waals surface area contributed by atoms with Crippen LogP contribution in [0, 0.1) is 0 Å². The minimum Gasteiger partial charge on any atom is -0.494 e. The summed E-state index contributed by atoms with van der Waals surface area (Å²) in [6.45, 7) is 1.96. The van der Waals surface area contributed by atoms with E-state index >= 15 is 0 Å². The predicted octanol–water partition coefficient (Wildman–Crippen LogP) is 3.04. The first-order valence-electron chi connectivity index (χ1n) is 11.4. The van der Waals surface area contributed by atoms with Gasteiger partial charge in [0.15, 0.2) is 0 Å². The van der Waals surface area contributed by atoms with Gasteiger partial charge in [0.2, 0.25) is 5.91 Å². The van der Waals surface area contributed by atoms with E-state index < -0.39 is 17.9 Å². The fraction of sp³-hybridized carbons (Fsp3) is 0.360. The van der Waals surface area contributed by atoms with Crippen LogP contribution in [0.1, 0.15) is 28.8 Å². The zero-order valence-electron chi connectivity index (χ0n) is 19.8. The van der Waals surface area contributed by atoms with E-state index in [-0.39, 0.29) is 34.5 Å². The van der Waals surface area contributed by atoms with Gasteiger partial charge in [-0.2, -0.15) is 0 Å². The minimum absolute atomic E-state index is 0.0187. The quantitative estimate of drug-likeness (QED) is 0.381. The minimum atomic E-state index is -1.17. The summed E-state index contributed by atoms with van der Waals surface area (Å²) >= 11 is 12.1. The van der Waals surface area contributed by atoms with Crippen molar-refractivity contribution in [1.29, 1.82) is 0 Å². The molecule has 0 spiro atoms. The molecule has 1 heterocycles. The number of hydrogen-bond acceptors (Lipinski definition) is 6. The van der Waals surface area contributed by atoms with Crippen LogP contribution >= 0.6 is 23.2 Å². The maximum atomic E-state index is 12.6. The number of unbranched alkanes of at least 4 members (excludes halogenated alkanes) is 1. The van der Waals surface area contributed by atoms with Crippen LogP contribution in [-0.2, 0) is 16.0 Å². The molecule has 2 aromatic carbocycles. The molecular weight excluding hydrogens is 507 g/mol. The molecule has 0 saturated carbocycles. The molecule has 1 unspecified atom stereocenters. The predicted molar refractivity (Wildman–Crippen MR) is 138 cm³/mol. The molecule has 9 nitrogen and oxygen atoms in total. The van der Waals surface area contributed by atoms with Crippen molar-refractivity contribution in [1.82, 2.24) is 15.5 Å². The summed E-state index contributed by atoms with van der Waals surface area (Å²) in [5.74, 6) is -0.312. The van der Waals surface area contributed by atoms with Crippen LogP contribution in [0.5, 0.6) is 5.75 Å². The Hall–Kier alpha value is -3.30. The van der Waals surface area contributed by atoms with Crippen LogP contribution in [0.25, 0.3) is 0 Å². The van der Waals surface area contributed by atoms with Crippen molar-refractivity contribution in [2.45, 2.75) is 25.3 Å². The molecule has 3 N–H and O–H groups in total. The van der Waals surface area contributed by atoms with Gasteiger partial charge in [-0.3, -0.25) is 14.6 Å². The van der Waals surface area contributed by atoms with Crippen molar-refractivity contribution in [2.24, 2.45) is 4.99 Å². The molecular formula is C25H28Cl2N4O5. The number of ether oxygens (including phenoxy) is 1. The summed E-state index contributed by atoms with van der Waals surface area (Å²) in [5, 5.41) is 15.6. The van der Waals surface area contributed by atoms with E-state index in [1.54, 1.807) is 42.3 Å². The third kappa shape index (κ3) is 7.86. The van der Waals surface area contributed by atoms with Crippen molar-refractivity contribution in [3.05, 3.63) is 63.6 Å². The summed E-state index contributed by atoms with van der Waals surface area (Å²) in [6, 6.07) is 10.5. The molecule has 11 heteroatoms. The number of rotatable bonds is 11. The number of benzene rings is 2. The van der Waals surface area contributed by atoms with Crippen molar-refractivity contribution < 1.29 is 24.2 Å². The van der Waals surface area contributed by atoms with E-state index in [2.05, 4.69) is 15.6 Å². The van der Waals surface area contributed by atoms with Crippen LogP contribution in [0.15, 0.2) is 47.5 Å². The van der Waals surface area contributed by atoms with Gasteiger partial charge in [0.1, 0.15) is 24.2 Å². The van der Waals surface area contributed by atoms with Gasteiger partial charge in [0.05, 0.1) is 28.8 Å². The largest absolute Gasteiger partial charge is 0.494 e. The lowest BCUT2D eigenvalue weighted by Gasteiger charge is -2.22. The topological polar surface area (TPSA) is 120 Å². The number of hydrogen-bond donors (Lipinski definition) is 3.